The highest BCUT2D eigenvalue weighted by atomic mass is 127. The lowest BCUT2D eigenvalue weighted by atomic mass is 9.96. The van der Waals surface area contributed by atoms with E-state index in [1.807, 2.05) is 18.4 Å². The van der Waals surface area contributed by atoms with Gasteiger partial charge in [-0.1, -0.05) is 36.4 Å². The molecule has 0 spiro atoms. The zero-order chi connectivity index (χ0) is 14.1. The summed E-state index contributed by atoms with van der Waals surface area (Å²) < 4.78 is 2.72. The fourth-order valence-electron chi connectivity index (χ4n) is 2.62. The summed E-state index contributed by atoms with van der Waals surface area (Å²) in [6.07, 6.45) is 0. The average Bonchev–Trinajstić information content (AvgIpc) is 2.93. The Kier molecular flexibility index (Phi) is 4.10. The topological polar surface area (TPSA) is 12.0 Å². The number of hydrogen-bond acceptors (Lipinski definition) is 2. The van der Waals surface area contributed by atoms with Crippen molar-refractivity contribution in [2.24, 2.45) is 0 Å². The molecular weight excluding hydrogens is 377 g/mol. The molecule has 0 aliphatic carbocycles. The molecular formula is C17H16INS. The molecule has 1 heterocycles. The third kappa shape index (κ3) is 2.38. The predicted molar refractivity (Wildman–Crippen MR) is 96.6 cm³/mol. The van der Waals surface area contributed by atoms with E-state index in [2.05, 4.69) is 82.7 Å². The van der Waals surface area contributed by atoms with Crippen molar-refractivity contribution in [3.05, 3.63) is 68.1 Å². The first-order valence-corrected chi connectivity index (χ1v) is 8.56. The van der Waals surface area contributed by atoms with E-state index in [0.717, 1.165) is 0 Å². The van der Waals surface area contributed by atoms with Gasteiger partial charge in [0.1, 0.15) is 0 Å². The largest absolute Gasteiger partial charge is 0.309 e. The van der Waals surface area contributed by atoms with Crippen LogP contribution in [0.5, 0.6) is 0 Å². The highest BCUT2D eigenvalue weighted by Gasteiger charge is 2.18. The van der Waals surface area contributed by atoms with Crippen molar-refractivity contribution in [1.29, 1.82) is 0 Å². The number of benzene rings is 2. The molecule has 0 aliphatic rings. The van der Waals surface area contributed by atoms with E-state index >= 15 is 0 Å². The van der Waals surface area contributed by atoms with Gasteiger partial charge in [-0.15, -0.1) is 11.3 Å². The van der Waals surface area contributed by atoms with E-state index in [1.165, 1.54) is 30.3 Å². The maximum atomic E-state index is 3.49. The van der Waals surface area contributed by atoms with Crippen molar-refractivity contribution in [3.63, 3.8) is 0 Å². The molecule has 1 atom stereocenters. The average molecular weight is 393 g/mol. The van der Waals surface area contributed by atoms with Gasteiger partial charge in [0.15, 0.2) is 0 Å². The summed E-state index contributed by atoms with van der Waals surface area (Å²) in [4.78, 5) is 0. The predicted octanol–water partition coefficient (Wildman–Crippen LogP) is 5.12. The summed E-state index contributed by atoms with van der Waals surface area (Å²) in [5.74, 6) is 0. The monoisotopic (exact) mass is 393 g/mol. The molecule has 0 amide bonds. The Hall–Kier alpha value is -0.910. The van der Waals surface area contributed by atoms with Gasteiger partial charge in [-0.25, -0.2) is 0 Å². The molecule has 1 unspecified atom stereocenters. The fourth-order valence-corrected chi connectivity index (χ4v) is 4.23. The maximum Gasteiger partial charge on any atom is 0.0599 e. The number of fused-ring (bicyclic) bond motifs is 1. The summed E-state index contributed by atoms with van der Waals surface area (Å²) in [6, 6.07) is 15.5. The highest BCUT2D eigenvalue weighted by Crippen LogP contribution is 2.34. The number of hydrogen-bond donors (Lipinski definition) is 1. The Bertz CT molecular complexity index is 748. The number of nitrogens with one attached hydrogen (secondary N) is 1. The molecule has 0 saturated heterocycles. The lowest BCUT2D eigenvalue weighted by molar-refractivity contribution is 0.693. The number of thiophene rings is 1. The van der Waals surface area contributed by atoms with Gasteiger partial charge in [0, 0.05) is 8.27 Å². The minimum Gasteiger partial charge on any atom is -0.309 e. The fraction of sp³-hybridized carbons (Fsp3) is 0.176. The molecule has 1 aromatic heterocycles. The van der Waals surface area contributed by atoms with E-state index in [-0.39, 0.29) is 6.04 Å². The quantitative estimate of drug-likeness (QED) is 0.609. The summed E-state index contributed by atoms with van der Waals surface area (Å²) in [5.41, 5.74) is 4.05. The molecule has 20 heavy (non-hydrogen) atoms. The first-order valence-electron chi connectivity index (χ1n) is 6.60. The van der Waals surface area contributed by atoms with Crippen LogP contribution in [-0.2, 0) is 0 Å². The zero-order valence-corrected chi connectivity index (χ0v) is 14.5. The second-order valence-electron chi connectivity index (χ2n) is 4.89. The van der Waals surface area contributed by atoms with Crippen molar-refractivity contribution in [2.75, 3.05) is 7.05 Å². The third-order valence-electron chi connectivity index (χ3n) is 3.64. The third-order valence-corrected chi connectivity index (χ3v) is 6.09. The van der Waals surface area contributed by atoms with Gasteiger partial charge < -0.3 is 5.32 Å². The number of aryl methyl sites for hydroxylation is 1. The molecule has 3 aromatic rings. The second-order valence-corrected chi connectivity index (χ2v) is 6.88. The van der Waals surface area contributed by atoms with E-state index in [4.69, 9.17) is 0 Å². The number of halogens is 1. The van der Waals surface area contributed by atoms with Crippen LogP contribution in [0.15, 0.2) is 47.8 Å². The molecule has 2 aromatic carbocycles. The SMILES string of the molecule is CNC(c1cccc(C)c1I)c1cccc2ccsc12. The zero-order valence-electron chi connectivity index (χ0n) is 11.5. The first-order chi connectivity index (χ1) is 9.72. The van der Waals surface area contributed by atoms with Crippen LogP contribution in [0.2, 0.25) is 0 Å². The lowest BCUT2D eigenvalue weighted by Gasteiger charge is -2.20. The van der Waals surface area contributed by atoms with E-state index in [0.29, 0.717) is 0 Å². The van der Waals surface area contributed by atoms with E-state index in [9.17, 15) is 0 Å². The minimum absolute atomic E-state index is 0.240. The van der Waals surface area contributed by atoms with E-state index < -0.39 is 0 Å². The van der Waals surface area contributed by atoms with Crippen molar-refractivity contribution >= 4 is 44.0 Å². The molecule has 0 bridgehead atoms. The van der Waals surface area contributed by atoms with Gasteiger partial charge in [-0.2, -0.15) is 0 Å². The van der Waals surface area contributed by atoms with Gasteiger partial charge in [0.25, 0.3) is 0 Å². The molecule has 0 aliphatic heterocycles. The van der Waals surface area contributed by atoms with Crippen LogP contribution in [0, 0.1) is 10.5 Å². The Morgan fingerprint density at radius 3 is 2.60 bits per heavy atom. The Labute approximate surface area is 137 Å². The first kappa shape index (κ1) is 14.0. The maximum absolute atomic E-state index is 3.49. The Morgan fingerprint density at radius 1 is 1.05 bits per heavy atom. The van der Waals surface area contributed by atoms with Gasteiger partial charge >= 0.3 is 0 Å². The molecule has 0 saturated carbocycles. The van der Waals surface area contributed by atoms with Gasteiger partial charge in [-0.05, 0) is 70.1 Å². The van der Waals surface area contributed by atoms with Crippen molar-refractivity contribution in [1.82, 2.24) is 5.32 Å². The van der Waals surface area contributed by atoms with Crippen LogP contribution < -0.4 is 5.32 Å². The smallest absolute Gasteiger partial charge is 0.0599 e. The second kappa shape index (κ2) is 5.84. The summed E-state index contributed by atoms with van der Waals surface area (Å²) in [7, 11) is 2.04. The van der Waals surface area contributed by atoms with Crippen LogP contribution in [0.4, 0.5) is 0 Å². The molecule has 3 heteroatoms. The van der Waals surface area contributed by atoms with Crippen LogP contribution in [0.3, 0.4) is 0 Å². The van der Waals surface area contributed by atoms with Gasteiger partial charge in [0.2, 0.25) is 0 Å². The molecule has 0 radical (unpaired) electrons. The molecule has 3 rings (SSSR count). The van der Waals surface area contributed by atoms with Crippen molar-refractivity contribution in [3.8, 4) is 0 Å². The number of rotatable bonds is 3. The summed E-state index contributed by atoms with van der Waals surface area (Å²) in [5, 5.41) is 6.98. The molecule has 1 N–H and O–H groups in total. The summed E-state index contributed by atoms with van der Waals surface area (Å²) in [6.45, 7) is 2.17. The van der Waals surface area contributed by atoms with Crippen LogP contribution in [-0.4, -0.2) is 7.05 Å². The Morgan fingerprint density at radius 2 is 1.80 bits per heavy atom. The molecule has 0 fully saturated rings. The Balaban J connectivity index is 2.19. The van der Waals surface area contributed by atoms with Crippen LogP contribution >= 0.6 is 33.9 Å². The van der Waals surface area contributed by atoms with Crippen molar-refractivity contribution in [2.45, 2.75) is 13.0 Å². The van der Waals surface area contributed by atoms with Gasteiger partial charge in [-0.3, -0.25) is 0 Å². The van der Waals surface area contributed by atoms with Crippen LogP contribution in [0.1, 0.15) is 22.7 Å². The summed E-state index contributed by atoms with van der Waals surface area (Å²) >= 11 is 4.28. The van der Waals surface area contributed by atoms with Gasteiger partial charge in [0.05, 0.1) is 6.04 Å². The van der Waals surface area contributed by atoms with E-state index in [1.54, 1.807) is 0 Å². The standard InChI is InChI=1S/C17H16INS/c1-11-5-3-7-13(15(11)18)16(19-2)14-8-4-6-12-9-10-20-17(12)14/h3-10,16,19H,1-2H3. The van der Waals surface area contributed by atoms with Crippen LogP contribution in [0.25, 0.3) is 10.1 Å². The molecule has 1 nitrogen and oxygen atoms in total. The normalized spacial score (nSPS) is 12.8. The lowest BCUT2D eigenvalue weighted by Crippen LogP contribution is -2.19. The highest BCUT2D eigenvalue weighted by molar-refractivity contribution is 14.1. The minimum atomic E-state index is 0.240. The molecule has 102 valence electrons. The van der Waals surface area contributed by atoms with Crippen molar-refractivity contribution < 1.29 is 0 Å².